The monoisotopic (exact) mass is 346 g/mol. The molecule has 4 nitrogen and oxygen atoms in total. The van der Waals surface area contributed by atoms with Crippen molar-refractivity contribution in [1.82, 2.24) is 10.2 Å². The first-order valence-corrected chi connectivity index (χ1v) is 7.65. The number of para-hydroxylation sites is 1. The first-order chi connectivity index (χ1) is 10.5. The van der Waals surface area contributed by atoms with Crippen LogP contribution in [0.2, 0.25) is 0 Å². The topological polar surface area (TPSA) is 41.6 Å². The molecule has 1 atom stereocenters. The normalized spacial score (nSPS) is 24.1. The van der Waals surface area contributed by atoms with E-state index in [1.807, 2.05) is 30.3 Å². The SMILES string of the molecule is Cl.O=C(C1CC(F)(F)CN1)N1CCC(Oc2ccccc2)CC1. The molecule has 1 N–H and O–H groups in total. The number of nitrogens with zero attached hydrogens (tertiary/aromatic N) is 1. The number of rotatable bonds is 3. The number of amides is 1. The van der Waals surface area contributed by atoms with Crippen LogP contribution in [0.3, 0.4) is 0 Å². The molecule has 0 bridgehead atoms. The lowest BCUT2D eigenvalue weighted by molar-refractivity contribution is -0.135. The lowest BCUT2D eigenvalue weighted by Gasteiger charge is -2.33. The number of benzene rings is 1. The predicted molar refractivity (Wildman–Crippen MR) is 85.3 cm³/mol. The van der Waals surface area contributed by atoms with Crippen LogP contribution in [0.25, 0.3) is 0 Å². The number of hydrogen-bond donors (Lipinski definition) is 1. The van der Waals surface area contributed by atoms with E-state index in [1.54, 1.807) is 4.90 Å². The number of piperidine rings is 1. The summed E-state index contributed by atoms with van der Waals surface area (Å²) in [6.07, 6.45) is 1.13. The number of carbonyl (C=O) groups excluding carboxylic acids is 1. The third-order valence-electron chi connectivity index (χ3n) is 4.21. The van der Waals surface area contributed by atoms with Crippen LogP contribution in [0.4, 0.5) is 8.78 Å². The minimum absolute atomic E-state index is 0. The maximum atomic E-state index is 13.2. The number of carbonyl (C=O) groups is 1. The van der Waals surface area contributed by atoms with Gasteiger partial charge in [0.05, 0.1) is 12.6 Å². The molecule has 1 amide bonds. The molecule has 2 heterocycles. The fourth-order valence-corrected chi connectivity index (χ4v) is 3.00. The minimum Gasteiger partial charge on any atom is -0.490 e. The van der Waals surface area contributed by atoms with Crippen LogP contribution in [0.5, 0.6) is 5.75 Å². The number of nitrogens with one attached hydrogen (secondary N) is 1. The Bertz CT molecular complexity index is 522. The van der Waals surface area contributed by atoms with E-state index in [9.17, 15) is 13.6 Å². The van der Waals surface area contributed by atoms with Crippen molar-refractivity contribution in [1.29, 1.82) is 0 Å². The van der Waals surface area contributed by atoms with E-state index in [1.165, 1.54) is 0 Å². The van der Waals surface area contributed by atoms with Crippen LogP contribution < -0.4 is 10.1 Å². The number of likely N-dealkylation sites (tertiary alicyclic amines) is 1. The molecule has 0 spiro atoms. The Labute approximate surface area is 140 Å². The van der Waals surface area contributed by atoms with Crippen LogP contribution >= 0.6 is 12.4 Å². The Hall–Kier alpha value is -1.40. The zero-order valence-corrected chi connectivity index (χ0v) is 13.5. The van der Waals surface area contributed by atoms with E-state index in [2.05, 4.69) is 5.32 Å². The summed E-state index contributed by atoms with van der Waals surface area (Å²) in [5.41, 5.74) is 0. The van der Waals surface area contributed by atoms with Gasteiger partial charge in [0.25, 0.3) is 5.92 Å². The fraction of sp³-hybridized carbons (Fsp3) is 0.562. The quantitative estimate of drug-likeness (QED) is 0.914. The molecule has 2 aliphatic heterocycles. The number of halogens is 3. The summed E-state index contributed by atoms with van der Waals surface area (Å²) < 4.78 is 32.2. The number of ether oxygens (including phenoxy) is 1. The summed E-state index contributed by atoms with van der Waals surface area (Å²) in [5, 5.41) is 2.62. The van der Waals surface area contributed by atoms with Gasteiger partial charge in [-0.2, -0.15) is 0 Å². The summed E-state index contributed by atoms with van der Waals surface area (Å²) in [6, 6.07) is 8.82. The highest BCUT2D eigenvalue weighted by molar-refractivity contribution is 5.85. The van der Waals surface area contributed by atoms with E-state index in [0.717, 1.165) is 18.6 Å². The van der Waals surface area contributed by atoms with Crippen LogP contribution in [-0.4, -0.2) is 48.5 Å². The zero-order valence-electron chi connectivity index (χ0n) is 12.7. The van der Waals surface area contributed by atoms with Gasteiger partial charge >= 0.3 is 0 Å². The highest BCUT2D eigenvalue weighted by Crippen LogP contribution is 2.27. The molecule has 2 fully saturated rings. The van der Waals surface area contributed by atoms with Crippen LogP contribution in [0.15, 0.2) is 30.3 Å². The van der Waals surface area contributed by atoms with E-state index >= 15 is 0 Å². The standard InChI is InChI=1S/C16H20F2N2O2.ClH/c17-16(18)10-14(19-11-16)15(21)20-8-6-13(7-9-20)22-12-4-2-1-3-5-12;/h1-5,13-14,19H,6-11H2;1H. The first-order valence-electron chi connectivity index (χ1n) is 7.65. The largest absolute Gasteiger partial charge is 0.490 e. The van der Waals surface area contributed by atoms with Crippen LogP contribution in [0, 0.1) is 0 Å². The van der Waals surface area contributed by atoms with Gasteiger partial charge in [-0.05, 0) is 12.1 Å². The molecule has 0 aromatic heterocycles. The molecular weight excluding hydrogens is 326 g/mol. The molecular formula is C16H21ClF2N2O2. The van der Waals surface area contributed by atoms with Crippen molar-refractivity contribution in [3.8, 4) is 5.75 Å². The zero-order chi connectivity index (χ0) is 15.6. The van der Waals surface area contributed by atoms with Crippen molar-refractivity contribution in [3.63, 3.8) is 0 Å². The molecule has 1 aromatic carbocycles. The Balaban J connectivity index is 0.00000192. The maximum Gasteiger partial charge on any atom is 0.262 e. The third-order valence-corrected chi connectivity index (χ3v) is 4.21. The molecule has 23 heavy (non-hydrogen) atoms. The van der Waals surface area contributed by atoms with Crippen molar-refractivity contribution in [2.75, 3.05) is 19.6 Å². The van der Waals surface area contributed by atoms with Gasteiger partial charge in [-0.15, -0.1) is 12.4 Å². The van der Waals surface area contributed by atoms with Crippen LogP contribution in [-0.2, 0) is 4.79 Å². The minimum atomic E-state index is -2.77. The van der Waals surface area contributed by atoms with Gasteiger partial charge in [-0.3, -0.25) is 10.1 Å². The molecule has 128 valence electrons. The van der Waals surface area contributed by atoms with Gasteiger partial charge in [0.2, 0.25) is 5.91 Å². The number of alkyl halides is 2. The Morgan fingerprint density at radius 3 is 2.43 bits per heavy atom. The molecule has 0 saturated carbocycles. The second kappa shape index (κ2) is 7.45. The van der Waals surface area contributed by atoms with Gasteiger partial charge < -0.3 is 9.64 Å². The van der Waals surface area contributed by atoms with E-state index in [0.29, 0.717) is 13.1 Å². The number of hydrogen-bond acceptors (Lipinski definition) is 3. The van der Waals surface area contributed by atoms with E-state index in [-0.39, 0.29) is 24.4 Å². The van der Waals surface area contributed by atoms with Gasteiger partial charge in [-0.25, -0.2) is 8.78 Å². The van der Waals surface area contributed by atoms with Gasteiger partial charge in [0.15, 0.2) is 0 Å². The van der Waals surface area contributed by atoms with Crippen molar-refractivity contribution in [2.45, 2.75) is 37.3 Å². The van der Waals surface area contributed by atoms with Crippen LogP contribution in [0.1, 0.15) is 19.3 Å². The maximum absolute atomic E-state index is 13.2. The van der Waals surface area contributed by atoms with E-state index in [4.69, 9.17) is 4.74 Å². The second-order valence-electron chi connectivity index (χ2n) is 5.95. The average molecular weight is 347 g/mol. The van der Waals surface area contributed by atoms with Crippen molar-refractivity contribution in [2.24, 2.45) is 0 Å². The molecule has 7 heteroatoms. The molecule has 3 rings (SSSR count). The lowest BCUT2D eigenvalue weighted by atomic mass is 10.1. The van der Waals surface area contributed by atoms with Gasteiger partial charge in [-0.1, -0.05) is 18.2 Å². The van der Waals surface area contributed by atoms with Crippen molar-refractivity contribution >= 4 is 18.3 Å². The smallest absolute Gasteiger partial charge is 0.262 e. The summed E-state index contributed by atoms with van der Waals surface area (Å²) in [7, 11) is 0. The molecule has 1 aromatic rings. The molecule has 2 saturated heterocycles. The summed E-state index contributed by atoms with van der Waals surface area (Å²) in [5.74, 6) is -2.16. The Morgan fingerprint density at radius 1 is 1.22 bits per heavy atom. The third kappa shape index (κ3) is 4.54. The lowest BCUT2D eigenvalue weighted by Crippen LogP contribution is -2.48. The highest BCUT2D eigenvalue weighted by atomic mass is 35.5. The molecule has 0 radical (unpaired) electrons. The second-order valence-corrected chi connectivity index (χ2v) is 5.95. The van der Waals surface area contributed by atoms with E-state index < -0.39 is 24.9 Å². The molecule has 1 unspecified atom stereocenters. The molecule has 0 aliphatic carbocycles. The van der Waals surface area contributed by atoms with Gasteiger partial charge in [0.1, 0.15) is 11.9 Å². The summed E-state index contributed by atoms with van der Waals surface area (Å²) in [4.78, 5) is 13.9. The van der Waals surface area contributed by atoms with Gasteiger partial charge in [0, 0.05) is 32.4 Å². The summed E-state index contributed by atoms with van der Waals surface area (Å²) in [6.45, 7) is 0.706. The molecule has 2 aliphatic rings. The highest BCUT2D eigenvalue weighted by Gasteiger charge is 2.43. The predicted octanol–water partition coefficient (Wildman–Crippen LogP) is 2.48. The van der Waals surface area contributed by atoms with Crippen molar-refractivity contribution in [3.05, 3.63) is 30.3 Å². The average Bonchev–Trinajstić information content (AvgIpc) is 2.88. The fourth-order valence-electron chi connectivity index (χ4n) is 3.00. The Kier molecular flexibility index (Phi) is 5.81. The van der Waals surface area contributed by atoms with Crippen molar-refractivity contribution < 1.29 is 18.3 Å². The Morgan fingerprint density at radius 2 is 1.87 bits per heavy atom. The first kappa shape index (κ1) is 17.9. The summed E-state index contributed by atoms with van der Waals surface area (Å²) >= 11 is 0.